The number of amides is 1. The Morgan fingerprint density at radius 2 is 2.00 bits per heavy atom. The largest absolute Gasteiger partial charge is 0.497 e. The summed E-state index contributed by atoms with van der Waals surface area (Å²) in [6.07, 6.45) is 1.12. The second-order valence-electron chi connectivity index (χ2n) is 4.42. The van der Waals surface area contributed by atoms with E-state index in [1.807, 2.05) is 24.3 Å². The number of hydrogen-bond acceptors (Lipinski definition) is 3. The Labute approximate surface area is 109 Å². The number of hydrogen-bond donors (Lipinski definition) is 2. The van der Waals surface area contributed by atoms with Gasteiger partial charge in [0.15, 0.2) is 0 Å². The number of methoxy groups -OCH3 is 1. The third kappa shape index (κ3) is 5.19. The summed E-state index contributed by atoms with van der Waals surface area (Å²) in [4.78, 5) is 11.6. The van der Waals surface area contributed by atoms with Gasteiger partial charge in [0, 0.05) is 5.69 Å². The lowest BCUT2D eigenvalue weighted by atomic mass is 10.1. The molecule has 4 nitrogen and oxygen atoms in total. The van der Waals surface area contributed by atoms with Crippen molar-refractivity contribution in [2.45, 2.75) is 20.3 Å². The van der Waals surface area contributed by atoms with Gasteiger partial charge in [-0.1, -0.05) is 20.3 Å². The lowest BCUT2D eigenvalue weighted by Gasteiger charge is -2.10. The number of carbonyl (C=O) groups is 1. The molecule has 2 N–H and O–H groups in total. The molecule has 0 aliphatic rings. The third-order valence-electron chi connectivity index (χ3n) is 2.85. The number of ether oxygens (including phenoxy) is 1. The summed E-state index contributed by atoms with van der Waals surface area (Å²) in [5, 5.41) is 5.97. The highest BCUT2D eigenvalue weighted by Gasteiger charge is 2.03. The molecule has 0 aliphatic heterocycles. The molecule has 0 radical (unpaired) electrons. The number of carbonyl (C=O) groups excluding carboxylic acids is 1. The first kappa shape index (κ1) is 14.5. The minimum Gasteiger partial charge on any atom is -0.497 e. The van der Waals surface area contributed by atoms with Crippen molar-refractivity contribution in [3.05, 3.63) is 24.3 Å². The van der Waals surface area contributed by atoms with Gasteiger partial charge in [-0.05, 0) is 36.7 Å². The maximum atomic E-state index is 11.6. The molecule has 1 unspecified atom stereocenters. The van der Waals surface area contributed by atoms with Gasteiger partial charge >= 0.3 is 0 Å². The summed E-state index contributed by atoms with van der Waals surface area (Å²) in [5.74, 6) is 1.35. The maximum Gasteiger partial charge on any atom is 0.238 e. The Kier molecular flexibility index (Phi) is 6.22. The van der Waals surface area contributed by atoms with Crippen LogP contribution in [0.25, 0.3) is 0 Å². The van der Waals surface area contributed by atoms with E-state index in [4.69, 9.17) is 4.74 Å². The molecule has 4 heteroatoms. The molecular weight excluding hydrogens is 228 g/mol. The van der Waals surface area contributed by atoms with E-state index in [0.717, 1.165) is 24.4 Å². The van der Waals surface area contributed by atoms with E-state index in [0.29, 0.717) is 12.5 Å². The minimum atomic E-state index is -0.0246. The number of rotatable bonds is 7. The maximum absolute atomic E-state index is 11.6. The Morgan fingerprint density at radius 1 is 1.33 bits per heavy atom. The number of nitrogens with one attached hydrogen (secondary N) is 2. The fourth-order valence-electron chi connectivity index (χ4n) is 1.46. The van der Waals surface area contributed by atoms with E-state index >= 15 is 0 Å². The third-order valence-corrected chi connectivity index (χ3v) is 2.85. The van der Waals surface area contributed by atoms with E-state index in [9.17, 15) is 4.79 Å². The molecule has 0 saturated carbocycles. The van der Waals surface area contributed by atoms with Crippen LogP contribution < -0.4 is 15.4 Å². The average Bonchev–Trinajstić information content (AvgIpc) is 2.39. The number of benzene rings is 1. The summed E-state index contributed by atoms with van der Waals surface area (Å²) in [6.45, 7) is 5.51. The first-order valence-electron chi connectivity index (χ1n) is 6.30. The molecule has 0 saturated heterocycles. The summed E-state index contributed by atoms with van der Waals surface area (Å²) >= 11 is 0. The summed E-state index contributed by atoms with van der Waals surface area (Å²) in [7, 11) is 1.62. The van der Waals surface area contributed by atoms with Crippen LogP contribution >= 0.6 is 0 Å². The van der Waals surface area contributed by atoms with Gasteiger partial charge in [0.1, 0.15) is 5.75 Å². The van der Waals surface area contributed by atoms with Crippen LogP contribution in [-0.2, 0) is 4.79 Å². The quantitative estimate of drug-likeness (QED) is 0.780. The predicted octanol–water partition coefficient (Wildman–Crippen LogP) is 2.27. The first-order chi connectivity index (χ1) is 8.65. The van der Waals surface area contributed by atoms with Crippen molar-refractivity contribution < 1.29 is 9.53 Å². The molecule has 0 aromatic heterocycles. The SMILES string of the molecule is CCC(C)CNCC(=O)Nc1ccc(OC)cc1. The van der Waals surface area contributed by atoms with Crippen LogP contribution in [0.2, 0.25) is 0 Å². The highest BCUT2D eigenvalue weighted by atomic mass is 16.5. The Balaban J connectivity index is 2.30. The Bertz CT molecular complexity index is 363. The van der Waals surface area contributed by atoms with Gasteiger partial charge in [-0.3, -0.25) is 4.79 Å². The van der Waals surface area contributed by atoms with E-state index in [2.05, 4.69) is 24.5 Å². The zero-order valence-electron chi connectivity index (χ0n) is 11.3. The molecular formula is C14H22N2O2. The zero-order valence-corrected chi connectivity index (χ0v) is 11.3. The fraction of sp³-hybridized carbons (Fsp3) is 0.500. The van der Waals surface area contributed by atoms with Gasteiger partial charge in [-0.15, -0.1) is 0 Å². The molecule has 1 amide bonds. The van der Waals surface area contributed by atoms with E-state index < -0.39 is 0 Å². The lowest BCUT2D eigenvalue weighted by Crippen LogP contribution is -2.31. The molecule has 0 heterocycles. The second-order valence-corrected chi connectivity index (χ2v) is 4.42. The smallest absolute Gasteiger partial charge is 0.238 e. The fourth-order valence-corrected chi connectivity index (χ4v) is 1.46. The molecule has 0 spiro atoms. The van der Waals surface area contributed by atoms with Crippen molar-refractivity contribution in [3.8, 4) is 5.75 Å². The van der Waals surface area contributed by atoms with Crippen LogP contribution in [0.15, 0.2) is 24.3 Å². The highest BCUT2D eigenvalue weighted by molar-refractivity contribution is 5.92. The van der Waals surface area contributed by atoms with Gasteiger partial charge < -0.3 is 15.4 Å². The van der Waals surface area contributed by atoms with Crippen molar-refractivity contribution in [3.63, 3.8) is 0 Å². The van der Waals surface area contributed by atoms with Crippen molar-refractivity contribution >= 4 is 11.6 Å². The Morgan fingerprint density at radius 3 is 2.56 bits per heavy atom. The van der Waals surface area contributed by atoms with E-state index in [1.54, 1.807) is 7.11 Å². The molecule has 18 heavy (non-hydrogen) atoms. The zero-order chi connectivity index (χ0) is 13.4. The van der Waals surface area contributed by atoms with E-state index in [1.165, 1.54) is 0 Å². The standard InChI is InChI=1S/C14H22N2O2/c1-4-11(2)9-15-10-14(17)16-12-5-7-13(18-3)8-6-12/h5-8,11,15H,4,9-10H2,1-3H3,(H,16,17). The van der Waals surface area contributed by atoms with Gasteiger partial charge in [-0.2, -0.15) is 0 Å². The van der Waals surface area contributed by atoms with E-state index in [-0.39, 0.29) is 5.91 Å². The van der Waals surface area contributed by atoms with Crippen LogP contribution in [0, 0.1) is 5.92 Å². The van der Waals surface area contributed by atoms with Crippen LogP contribution in [-0.4, -0.2) is 26.1 Å². The molecule has 1 rings (SSSR count). The second kappa shape index (κ2) is 7.71. The van der Waals surface area contributed by atoms with Crippen molar-refractivity contribution in [2.24, 2.45) is 5.92 Å². The molecule has 0 aliphatic carbocycles. The van der Waals surface area contributed by atoms with Crippen LogP contribution in [0.3, 0.4) is 0 Å². The van der Waals surface area contributed by atoms with Crippen molar-refractivity contribution in [1.29, 1.82) is 0 Å². The summed E-state index contributed by atoms with van der Waals surface area (Å²) in [5.41, 5.74) is 0.783. The Hall–Kier alpha value is -1.55. The highest BCUT2D eigenvalue weighted by Crippen LogP contribution is 2.14. The molecule has 1 aromatic rings. The lowest BCUT2D eigenvalue weighted by molar-refractivity contribution is -0.115. The molecule has 1 aromatic carbocycles. The van der Waals surface area contributed by atoms with Crippen molar-refractivity contribution in [2.75, 3.05) is 25.5 Å². The monoisotopic (exact) mass is 250 g/mol. The topological polar surface area (TPSA) is 50.4 Å². The van der Waals surface area contributed by atoms with Gasteiger partial charge in [0.2, 0.25) is 5.91 Å². The summed E-state index contributed by atoms with van der Waals surface area (Å²) < 4.78 is 5.05. The van der Waals surface area contributed by atoms with Gasteiger partial charge in [0.25, 0.3) is 0 Å². The number of anilines is 1. The molecule has 0 fully saturated rings. The predicted molar refractivity (Wildman–Crippen MR) is 73.9 cm³/mol. The minimum absolute atomic E-state index is 0.0246. The first-order valence-corrected chi connectivity index (χ1v) is 6.30. The normalized spacial score (nSPS) is 11.9. The van der Waals surface area contributed by atoms with Gasteiger partial charge in [-0.25, -0.2) is 0 Å². The average molecular weight is 250 g/mol. The van der Waals surface area contributed by atoms with Crippen LogP contribution in [0.4, 0.5) is 5.69 Å². The van der Waals surface area contributed by atoms with Crippen molar-refractivity contribution in [1.82, 2.24) is 5.32 Å². The molecule has 1 atom stereocenters. The molecule has 0 bridgehead atoms. The summed E-state index contributed by atoms with van der Waals surface area (Å²) in [6, 6.07) is 7.29. The van der Waals surface area contributed by atoms with Crippen LogP contribution in [0.5, 0.6) is 5.75 Å². The van der Waals surface area contributed by atoms with Gasteiger partial charge in [0.05, 0.1) is 13.7 Å². The molecule has 100 valence electrons. The van der Waals surface area contributed by atoms with Crippen LogP contribution in [0.1, 0.15) is 20.3 Å².